The second kappa shape index (κ2) is 6.03. The Hall–Kier alpha value is -2.31. The summed E-state index contributed by atoms with van der Waals surface area (Å²) in [5.74, 6) is 0.723. The lowest BCUT2D eigenvalue weighted by atomic mass is 9.94. The first-order valence-electron chi connectivity index (χ1n) is 6.14. The molecule has 0 aliphatic carbocycles. The summed E-state index contributed by atoms with van der Waals surface area (Å²) in [7, 11) is 0. The topological polar surface area (TPSA) is 59.0 Å². The van der Waals surface area contributed by atoms with Crippen LogP contribution in [-0.2, 0) is 6.42 Å². The first-order chi connectivity index (χ1) is 9.22. The predicted molar refractivity (Wildman–Crippen MR) is 74.6 cm³/mol. The van der Waals surface area contributed by atoms with Crippen LogP contribution in [0.5, 0.6) is 5.75 Å². The van der Waals surface area contributed by atoms with Gasteiger partial charge in [-0.15, -0.1) is 0 Å². The minimum Gasteiger partial charge on any atom is -0.491 e. The maximum atomic E-state index is 9.27. The molecule has 0 aliphatic rings. The molecule has 0 fully saturated rings. The third kappa shape index (κ3) is 3.84. The SMILES string of the molecule is N#CC(N)(COc1ccccc1)Cc1ccccc1. The van der Waals surface area contributed by atoms with Gasteiger partial charge in [0.05, 0.1) is 6.07 Å². The van der Waals surface area contributed by atoms with E-state index in [-0.39, 0.29) is 6.61 Å². The minimum atomic E-state index is -1.02. The molecule has 2 rings (SSSR count). The molecular weight excluding hydrogens is 236 g/mol. The minimum absolute atomic E-state index is 0.169. The molecule has 0 bridgehead atoms. The van der Waals surface area contributed by atoms with E-state index in [1.165, 1.54) is 0 Å². The van der Waals surface area contributed by atoms with Gasteiger partial charge >= 0.3 is 0 Å². The van der Waals surface area contributed by atoms with Crippen LogP contribution in [-0.4, -0.2) is 12.1 Å². The average Bonchev–Trinajstić information content (AvgIpc) is 2.47. The highest BCUT2D eigenvalue weighted by atomic mass is 16.5. The number of hydrogen-bond donors (Lipinski definition) is 1. The zero-order valence-corrected chi connectivity index (χ0v) is 10.6. The summed E-state index contributed by atoms with van der Waals surface area (Å²) in [6.45, 7) is 0.169. The van der Waals surface area contributed by atoms with Gasteiger partial charge in [0.2, 0.25) is 0 Å². The van der Waals surface area contributed by atoms with Gasteiger partial charge in [0.15, 0.2) is 0 Å². The van der Waals surface area contributed by atoms with Gasteiger partial charge in [-0.3, -0.25) is 0 Å². The van der Waals surface area contributed by atoms with Crippen molar-refractivity contribution < 1.29 is 4.74 Å². The molecule has 1 unspecified atom stereocenters. The Bertz CT molecular complexity index is 548. The largest absolute Gasteiger partial charge is 0.491 e. The molecule has 0 aromatic heterocycles. The molecule has 3 heteroatoms. The Morgan fingerprint density at radius 1 is 1.00 bits per heavy atom. The molecule has 3 nitrogen and oxygen atoms in total. The van der Waals surface area contributed by atoms with Gasteiger partial charge in [-0.1, -0.05) is 48.5 Å². The van der Waals surface area contributed by atoms with Crippen molar-refractivity contribution in [1.82, 2.24) is 0 Å². The number of hydrogen-bond acceptors (Lipinski definition) is 3. The highest BCUT2D eigenvalue weighted by Crippen LogP contribution is 2.14. The number of para-hydroxylation sites is 1. The van der Waals surface area contributed by atoms with Gasteiger partial charge in [-0.25, -0.2) is 0 Å². The molecule has 0 radical (unpaired) electrons. The van der Waals surface area contributed by atoms with E-state index in [4.69, 9.17) is 10.5 Å². The maximum Gasteiger partial charge on any atom is 0.142 e. The third-order valence-corrected chi connectivity index (χ3v) is 2.82. The van der Waals surface area contributed by atoms with Gasteiger partial charge in [0, 0.05) is 6.42 Å². The summed E-state index contributed by atoms with van der Waals surface area (Å²) in [5, 5.41) is 9.27. The molecule has 0 aliphatic heterocycles. The molecule has 2 N–H and O–H groups in total. The van der Waals surface area contributed by atoms with E-state index < -0.39 is 5.54 Å². The van der Waals surface area contributed by atoms with E-state index in [1.807, 2.05) is 60.7 Å². The lowest BCUT2D eigenvalue weighted by molar-refractivity contribution is 0.252. The normalized spacial score (nSPS) is 13.3. The zero-order valence-electron chi connectivity index (χ0n) is 10.6. The lowest BCUT2D eigenvalue weighted by Crippen LogP contribution is -2.46. The van der Waals surface area contributed by atoms with Gasteiger partial charge in [0.1, 0.15) is 17.9 Å². The van der Waals surface area contributed by atoms with Gasteiger partial charge in [0.25, 0.3) is 0 Å². The van der Waals surface area contributed by atoms with Crippen molar-refractivity contribution in [2.75, 3.05) is 6.61 Å². The van der Waals surface area contributed by atoms with Crippen molar-refractivity contribution in [3.8, 4) is 11.8 Å². The summed E-state index contributed by atoms with van der Waals surface area (Å²) in [5.41, 5.74) is 6.11. The van der Waals surface area contributed by atoms with Gasteiger partial charge < -0.3 is 10.5 Å². The summed E-state index contributed by atoms with van der Waals surface area (Å²) >= 11 is 0. The van der Waals surface area contributed by atoms with Crippen LogP contribution in [0.3, 0.4) is 0 Å². The maximum absolute atomic E-state index is 9.27. The molecule has 2 aromatic rings. The van der Waals surface area contributed by atoms with Crippen LogP contribution in [0.4, 0.5) is 0 Å². The van der Waals surface area contributed by atoms with E-state index in [9.17, 15) is 5.26 Å². The second-order valence-corrected chi connectivity index (χ2v) is 4.53. The molecule has 1 atom stereocenters. The Labute approximate surface area is 113 Å². The van der Waals surface area contributed by atoms with Crippen molar-refractivity contribution >= 4 is 0 Å². The van der Waals surface area contributed by atoms with E-state index in [0.29, 0.717) is 6.42 Å². The monoisotopic (exact) mass is 252 g/mol. The Morgan fingerprint density at radius 2 is 1.58 bits per heavy atom. The van der Waals surface area contributed by atoms with Crippen LogP contribution in [0.25, 0.3) is 0 Å². The summed E-state index contributed by atoms with van der Waals surface area (Å²) in [4.78, 5) is 0. The van der Waals surface area contributed by atoms with E-state index in [2.05, 4.69) is 6.07 Å². The van der Waals surface area contributed by atoms with Crippen LogP contribution >= 0.6 is 0 Å². The molecule has 0 saturated carbocycles. The van der Waals surface area contributed by atoms with E-state index >= 15 is 0 Å². The lowest BCUT2D eigenvalue weighted by Gasteiger charge is -2.22. The predicted octanol–water partition coefficient (Wildman–Crippen LogP) is 2.53. The summed E-state index contributed by atoms with van der Waals surface area (Å²) in [6, 6.07) is 21.3. The quantitative estimate of drug-likeness (QED) is 0.889. The van der Waals surface area contributed by atoms with Crippen molar-refractivity contribution in [2.45, 2.75) is 12.0 Å². The van der Waals surface area contributed by atoms with Gasteiger partial charge in [-0.05, 0) is 17.7 Å². The van der Waals surface area contributed by atoms with Crippen LogP contribution in [0.15, 0.2) is 60.7 Å². The molecule has 0 heterocycles. The first-order valence-corrected chi connectivity index (χ1v) is 6.14. The van der Waals surface area contributed by atoms with E-state index in [0.717, 1.165) is 11.3 Å². The zero-order chi connectivity index (χ0) is 13.6. The molecule has 19 heavy (non-hydrogen) atoms. The molecule has 0 spiro atoms. The highest BCUT2D eigenvalue weighted by Gasteiger charge is 2.26. The fourth-order valence-electron chi connectivity index (χ4n) is 1.81. The van der Waals surface area contributed by atoms with Crippen LogP contribution in [0.1, 0.15) is 5.56 Å². The fourth-order valence-corrected chi connectivity index (χ4v) is 1.81. The second-order valence-electron chi connectivity index (χ2n) is 4.53. The Kier molecular flexibility index (Phi) is 4.17. The molecule has 2 aromatic carbocycles. The summed E-state index contributed by atoms with van der Waals surface area (Å²) in [6.07, 6.45) is 0.469. The fraction of sp³-hybridized carbons (Fsp3) is 0.188. The molecule has 0 saturated heterocycles. The van der Waals surface area contributed by atoms with Crippen LogP contribution in [0.2, 0.25) is 0 Å². The molecular formula is C16H16N2O. The molecule has 96 valence electrons. The number of nitriles is 1. The number of ether oxygens (including phenoxy) is 1. The van der Waals surface area contributed by atoms with Crippen molar-refractivity contribution in [1.29, 1.82) is 5.26 Å². The van der Waals surface area contributed by atoms with E-state index in [1.54, 1.807) is 0 Å². The third-order valence-electron chi connectivity index (χ3n) is 2.82. The van der Waals surface area contributed by atoms with Crippen molar-refractivity contribution in [2.24, 2.45) is 5.73 Å². The smallest absolute Gasteiger partial charge is 0.142 e. The number of nitrogens with two attached hydrogens (primary N) is 1. The first kappa shape index (κ1) is 13.1. The molecule has 0 amide bonds. The average molecular weight is 252 g/mol. The van der Waals surface area contributed by atoms with Crippen LogP contribution < -0.4 is 10.5 Å². The highest BCUT2D eigenvalue weighted by molar-refractivity contribution is 5.24. The number of nitrogens with zero attached hydrogens (tertiary/aromatic N) is 1. The van der Waals surface area contributed by atoms with Crippen molar-refractivity contribution in [3.63, 3.8) is 0 Å². The Balaban J connectivity index is 2.01. The number of rotatable bonds is 5. The Morgan fingerprint density at radius 3 is 2.16 bits per heavy atom. The van der Waals surface area contributed by atoms with Crippen molar-refractivity contribution in [3.05, 3.63) is 66.2 Å². The summed E-state index contributed by atoms with van der Waals surface area (Å²) < 4.78 is 5.59. The van der Waals surface area contributed by atoms with Crippen LogP contribution in [0, 0.1) is 11.3 Å². The number of benzene rings is 2. The standard InChI is InChI=1S/C16H16N2O/c17-12-16(18,11-14-7-3-1-4-8-14)13-19-15-9-5-2-6-10-15/h1-10H,11,13,18H2. The van der Waals surface area contributed by atoms with Gasteiger partial charge in [-0.2, -0.15) is 5.26 Å².